The lowest BCUT2D eigenvalue weighted by Crippen LogP contribution is -2.41. The molecule has 4 nitrogen and oxygen atoms in total. The maximum absolute atomic E-state index is 11.6. The summed E-state index contributed by atoms with van der Waals surface area (Å²) in [5, 5.41) is 5.50. The summed E-state index contributed by atoms with van der Waals surface area (Å²) < 4.78 is 0. The predicted octanol–water partition coefficient (Wildman–Crippen LogP) is 1.53. The van der Waals surface area contributed by atoms with E-state index in [1.54, 1.807) is 0 Å². The Labute approximate surface area is 113 Å². The van der Waals surface area contributed by atoms with Crippen molar-refractivity contribution in [3.05, 3.63) is 35.4 Å². The molecule has 0 saturated heterocycles. The molecule has 1 aromatic rings. The molecular weight excluding hydrogens is 240 g/mol. The van der Waals surface area contributed by atoms with Crippen molar-refractivity contribution in [2.45, 2.75) is 32.7 Å². The van der Waals surface area contributed by atoms with Gasteiger partial charge in [-0.3, -0.25) is 9.59 Å². The summed E-state index contributed by atoms with van der Waals surface area (Å²) >= 11 is 0. The van der Waals surface area contributed by atoms with Crippen LogP contribution in [-0.2, 0) is 16.1 Å². The van der Waals surface area contributed by atoms with E-state index in [9.17, 15) is 9.59 Å². The largest absolute Gasteiger partial charge is 0.350 e. The number of aryl methyl sites for hydroxylation is 1. The lowest BCUT2D eigenvalue weighted by molar-refractivity contribution is -0.130. The number of nitrogens with one attached hydrogen (secondary N) is 2. The molecule has 0 atom stereocenters. The van der Waals surface area contributed by atoms with E-state index in [1.807, 2.05) is 31.2 Å². The molecule has 0 heterocycles. The molecule has 0 aliphatic heterocycles. The minimum atomic E-state index is -0.143. The Bertz CT molecular complexity index is 467. The normalized spacial score (nSPS) is 14.6. The van der Waals surface area contributed by atoms with Crippen molar-refractivity contribution in [2.24, 2.45) is 5.92 Å². The maximum Gasteiger partial charge on any atom is 0.239 e. The van der Waals surface area contributed by atoms with E-state index >= 15 is 0 Å². The molecule has 0 unspecified atom stereocenters. The van der Waals surface area contributed by atoms with Crippen LogP contribution >= 0.6 is 0 Å². The number of hydrogen-bond acceptors (Lipinski definition) is 2. The predicted molar refractivity (Wildman–Crippen MR) is 73.4 cm³/mol. The van der Waals surface area contributed by atoms with E-state index < -0.39 is 0 Å². The first-order chi connectivity index (χ1) is 9.16. The van der Waals surface area contributed by atoms with Crippen LogP contribution in [0.25, 0.3) is 0 Å². The van der Waals surface area contributed by atoms with Crippen LogP contribution in [0.3, 0.4) is 0 Å². The van der Waals surface area contributed by atoms with Crippen molar-refractivity contribution < 1.29 is 9.59 Å². The van der Waals surface area contributed by atoms with Crippen molar-refractivity contribution in [3.8, 4) is 0 Å². The average molecular weight is 260 g/mol. The zero-order chi connectivity index (χ0) is 13.7. The summed E-state index contributed by atoms with van der Waals surface area (Å²) in [7, 11) is 0. The van der Waals surface area contributed by atoms with Crippen molar-refractivity contribution in [2.75, 3.05) is 6.54 Å². The molecule has 2 N–H and O–H groups in total. The van der Waals surface area contributed by atoms with Gasteiger partial charge in [0.1, 0.15) is 0 Å². The van der Waals surface area contributed by atoms with E-state index in [4.69, 9.17) is 0 Å². The van der Waals surface area contributed by atoms with Gasteiger partial charge in [0.15, 0.2) is 0 Å². The van der Waals surface area contributed by atoms with Gasteiger partial charge in [-0.15, -0.1) is 0 Å². The molecule has 19 heavy (non-hydrogen) atoms. The van der Waals surface area contributed by atoms with Gasteiger partial charge in [-0.2, -0.15) is 0 Å². The Balaban J connectivity index is 1.70. The van der Waals surface area contributed by atoms with Crippen molar-refractivity contribution in [3.63, 3.8) is 0 Å². The fourth-order valence-corrected chi connectivity index (χ4v) is 2.05. The maximum atomic E-state index is 11.6. The molecule has 0 bridgehead atoms. The molecular formula is C15H20N2O2. The molecule has 102 valence electrons. The number of amides is 2. The zero-order valence-electron chi connectivity index (χ0n) is 11.2. The first kappa shape index (κ1) is 13.6. The fourth-order valence-electron chi connectivity index (χ4n) is 2.05. The van der Waals surface area contributed by atoms with E-state index in [2.05, 4.69) is 10.6 Å². The zero-order valence-corrected chi connectivity index (χ0v) is 11.2. The highest BCUT2D eigenvalue weighted by Crippen LogP contribution is 2.25. The van der Waals surface area contributed by atoms with Crippen LogP contribution in [0.1, 0.15) is 30.4 Å². The van der Waals surface area contributed by atoms with Crippen LogP contribution in [0.4, 0.5) is 0 Å². The van der Waals surface area contributed by atoms with Crippen LogP contribution in [0.2, 0.25) is 0 Å². The standard InChI is InChI=1S/C15H20N2O2/c1-11-5-2-3-6-13(11)9-16-14(18)10-17-15(19)12-7-4-8-12/h2-3,5-6,12H,4,7-10H2,1H3,(H,16,18)(H,17,19). The molecule has 4 heteroatoms. The van der Waals surface area contributed by atoms with Gasteiger partial charge in [-0.25, -0.2) is 0 Å². The fraction of sp³-hybridized carbons (Fsp3) is 0.467. The van der Waals surface area contributed by atoms with Crippen LogP contribution in [-0.4, -0.2) is 18.4 Å². The summed E-state index contributed by atoms with van der Waals surface area (Å²) in [6.07, 6.45) is 3.03. The Morgan fingerprint density at radius 3 is 2.58 bits per heavy atom. The van der Waals surface area contributed by atoms with Gasteiger partial charge >= 0.3 is 0 Å². The summed E-state index contributed by atoms with van der Waals surface area (Å²) in [5.41, 5.74) is 2.25. The third-order valence-corrected chi connectivity index (χ3v) is 3.64. The first-order valence-electron chi connectivity index (χ1n) is 6.75. The van der Waals surface area contributed by atoms with Crippen molar-refractivity contribution in [1.82, 2.24) is 10.6 Å². The molecule has 0 aromatic heterocycles. The third kappa shape index (κ3) is 3.81. The average Bonchev–Trinajstić information content (AvgIpc) is 2.33. The topological polar surface area (TPSA) is 58.2 Å². The summed E-state index contributed by atoms with van der Waals surface area (Å²) in [6.45, 7) is 2.59. The molecule has 1 fully saturated rings. The Hall–Kier alpha value is -1.84. The summed E-state index contributed by atoms with van der Waals surface area (Å²) in [6, 6.07) is 7.93. The quantitative estimate of drug-likeness (QED) is 0.843. The number of carbonyl (C=O) groups is 2. The number of carbonyl (C=O) groups excluding carboxylic acids is 2. The minimum absolute atomic E-state index is 0.0114. The molecule has 2 amide bonds. The van der Waals surface area contributed by atoms with E-state index in [1.165, 1.54) is 0 Å². The van der Waals surface area contributed by atoms with Crippen LogP contribution in [0.15, 0.2) is 24.3 Å². The van der Waals surface area contributed by atoms with E-state index in [0.29, 0.717) is 6.54 Å². The van der Waals surface area contributed by atoms with Gasteiger partial charge in [0.05, 0.1) is 6.54 Å². The summed E-state index contributed by atoms with van der Waals surface area (Å²) in [5.74, 6) is -0.00242. The highest BCUT2D eigenvalue weighted by Gasteiger charge is 2.25. The molecule has 0 spiro atoms. The van der Waals surface area contributed by atoms with Gasteiger partial charge in [0.2, 0.25) is 11.8 Å². The monoisotopic (exact) mass is 260 g/mol. The third-order valence-electron chi connectivity index (χ3n) is 3.64. The van der Waals surface area contributed by atoms with E-state index in [-0.39, 0.29) is 24.3 Å². The van der Waals surface area contributed by atoms with Crippen molar-refractivity contribution in [1.29, 1.82) is 0 Å². The van der Waals surface area contributed by atoms with Gasteiger partial charge in [0, 0.05) is 12.5 Å². The molecule has 1 saturated carbocycles. The second kappa shape index (κ2) is 6.36. The number of rotatable bonds is 5. The van der Waals surface area contributed by atoms with E-state index in [0.717, 1.165) is 30.4 Å². The summed E-state index contributed by atoms with van der Waals surface area (Å²) in [4.78, 5) is 23.2. The minimum Gasteiger partial charge on any atom is -0.350 e. The highest BCUT2D eigenvalue weighted by molar-refractivity contribution is 5.86. The number of benzene rings is 1. The Morgan fingerprint density at radius 1 is 1.21 bits per heavy atom. The van der Waals surface area contributed by atoms with Crippen molar-refractivity contribution >= 4 is 11.8 Å². The Morgan fingerprint density at radius 2 is 1.95 bits per heavy atom. The van der Waals surface area contributed by atoms with Crippen LogP contribution in [0, 0.1) is 12.8 Å². The molecule has 0 radical (unpaired) electrons. The lowest BCUT2D eigenvalue weighted by Gasteiger charge is -2.23. The molecule has 1 aromatic carbocycles. The van der Waals surface area contributed by atoms with Crippen LogP contribution < -0.4 is 10.6 Å². The first-order valence-corrected chi connectivity index (χ1v) is 6.75. The van der Waals surface area contributed by atoms with Gasteiger partial charge in [-0.05, 0) is 30.9 Å². The van der Waals surface area contributed by atoms with Crippen LogP contribution in [0.5, 0.6) is 0 Å². The molecule has 1 aliphatic carbocycles. The van der Waals surface area contributed by atoms with Gasteiger partial charge in [0.25, 0.3) is 0 Å². The second-order valence-corrected chi connectivity index (χ2v) is 5.05. The Kier molecular flexibility index (Phi) is 4.55. The number of hydrogen-bond donors (Lipinski definition) is 2. The highest BCUT2D eigenvalue weighted by atomic mass is 16.2. The smallest absolute Gasteiger partial charge is 0.239 e. The lowest BCUT2D eigenvalue weighted by atomic mass is 9.85. The van der Waals surface area contributed by atoms with Gasteiger partial charge < -0.3 is 10.6 Å². The molecule has 1 aliphatic rings. The van der Waals surface area contributed by atoms with Gasteiger partial charge in [-0.1, -0.05) is 30.7 Å². The SMILES string of the molecule is Cc1ccccc1CNC(=O)CNC(=O)C1CCC1. The second-order valence-electron chi connectivity index (χ2n) is 5.05. The molecule has 2 rings (SSSR count).